The minimum Gasteiger partial charge on any atom is -0.351 e. The first-order chi connectivity index (χ1) is 10.7. The highest BCUT2D eigenvalue weighted by Crippen LogP contribution is 2.48. The molecule has 1 aromatic carbocycles. The standard InChI is InChI=1S/C19H30O2S/c1-3-5-7-12-16-19(18(21-19)15-9-6-4-2)22(20)17-13-10-8-11-14-17/h8,10-11,13-14,18H,3-7,9,12,15-16H2,1-2H3. The summed E-state index contributed by atoms with van der Waals surface area (Å²) in [5.41, 5.74) is 0. The van der Waals surface area contributed by atoms with Gasteiger partial charge in [0, 0.05) is 4.90 Å². The third-order valence-electron chi connectivity index (χ3n) is 4.49. The van der Waals surface area contributed by atoms with E-state index in [1.165, 1.54) is 38.5 Å². The van der Waals surface area contributed by atoms with Crippen LogP contribution in [-0.4, -0.2) is 15.2 Å². The lowest BCUT2D eigenvalue weighted by molar-refractivity contribution is 0.328. The van der Waals surface area contributed by atoms with Gasteiger partial charge in [-0.1, -0.05) is 70.6 Å². The lowest BCUT2D eigenvalue weighted by atomic mass is 10.1. The van der Waals surface area contributed by atoms with Crippen molar-refractivity contribution < 1.29 is 8.95 Å². The van der Waals surface area contributed by atoms with Gasteiger partial charge in [0.05, 0.1) is 10.8 Å². The molecule has 0 aliphatic carbocycles. The van der Waals surface area contributed by atoms with Crippen molar-refractivity contribution in [1.82, 2.24) is 0 Å². The van der Waals surface area contributed by atoms with Gasteiger partial charge in [0.15, 0.2) is 4.93 Å². The van der Waals surface area contributed by atoms with E-state index in [0.29, 0.717) is 0 Å². The van der Waals surface area contributed by atoms with E-state index in [0.717, 1.165) is 24.2 Å². The van der Waals surface area contributed by atoms with Crippen molar-refractivity contribution in [3.8, 4) is 0 Å². The van der Waals surface area contributed by atoms with Gasteiger partial charge in [0.1, 0.15) is 6.10 Å². The summed E-state index contributed by atoms with van der Waals surface area (Å²) in [4.78, 5) is 0.513. The van der Waals surface area contributed by atoms with Gasteiger partial charge in [-0.05, 0) is 31.4 Å². The largest absolute Gasteiger partial charge is 0.351 e. The van der Waals surface area contributed by atoms with Crippen molar-refractivity contribution >= 4 is 10.8 Å². The van der Waals surface area contributed by atoms with Crippen LogP contribution in [0.5, 0.6) is 0 Å². The zero-order valence-electron chi connectivity index (χ0n) is 14.1. The van der Waals surface area contributed by atoms with Gasteiger partial charge in [-0.25, -0.2) is 0 Å². The molecule has 124 valence electrons. The minimum atomic E-state index is -1.05. The molecule has 1 aromatic rings. The molecule has 2 nitrogen and oxygen atoms in total. The molecule has 0 bridgehead atoms. The number of hydrogen-bond donors (Lipinski definition) is 0. The van der Waals surface area contributed by atoms with Crippen LogP contribution in [0.3, 0.4) is 0 Å². The van der Waals surface area contributed by atoms with Crippen molar-refractivity contribution in [3.63, 3.8) is 0 Å². The monoisotopic (exact) mass is 322 g/mol. The third-order valence-corrected chi connectivity index (χ3v) is 6.39. The summed E-state index contributed by atoms with van der Waals surface area (Å²) in [5.74, 6) is 0. The Morgan fingerprint density at radius 2 is 1.68 bits per heavy atom. The number of benzene rings is 1. The van der Waals surface area contributed by atoms with Crippen LogP contribution in [0.25, 0.3) is 0 Å². The lowest BCUT2D eigenvalue weighted by Crippen LogP contribution is -2.22. The summed E-state index contributed by atoms with van der Waals surface area (Å²) in [6.07, 6.45) is 10.7. The molecule has 1 aliphatic rings. The zero-order chi connectivity index (χ0) is 15.8. The van der Waals surface area contributed by atoms with E-state index in [9.17, 15) is 4.21 Å². The Morgan fingerprint density at radius 1 is 1.00 bits per heavy atom. The fraction of sp³-hybridized carbons (Fsp3) is 0.684. The van der Waals surface area contributed by atoms with Crippen molar-refractivity contribution in [2.24, 2.45) is 0 Å². The quantitative estimate of drug-likeness (QED) is 0.401. The number of hydrogen-bond acceptors (Lipinski definition) is 2. The van der Waals surface area contributed by atoms with E-state index in [1.807, 2.05) is 30.3 Å². The van der Waals surface area contributed by atoms with Crippen LogP contribution in [0.15, 0.2) is 35.2 Å². The van der Waals surface area contributed by atoms with Crippen LogP contribution in [-0.2, 0) is 15.5 Å². The van der Waals surface area contributed by atoms with Crippen LogP contribution in [0.1, 0.15) is 71.6 Å². The molecule has 1 aliphatic heterocycles. The summed E-state index contributed by atoms with van der Waals surface area (Å²) in [7, 11) is -1.05. The fourth-order valence-corrected chi connectivity index (χ4v) is 4.78. The molecular formula is C19H30O2S. The predicted octanol–water partition coefficient (Wildman–Crippen LogP) is 5.44. The molecule has 0 spiro atoms. The maximum Gasteiger partial charge on any atom is 0.173 e. The van der Waals surface area contributed by atoms with E-state index in [1.54, 1.807) is 0 Å². The Kier molecular flexibility index (Phi) is 7.10. The molecule has 3 atom stereocenters. The minimum absolute atomic E-state index is 0.196. The normalized spacial score (nSPS) is 25.1. The van der Waals surface area contributed by atoms with Gasteiger partial charge in [-0.3, -0.25) is 4.21 Å². The van der Waals surface area contributed by atoms with Crippen LogP contribution in [0.4, 0.5) is 0 Å². The van der Waals surface area contributed by atoms with Gasteiger partial charge in [0.2, 0.25) is 0 Å². The van der Waals surface area contributed by atoms with E-state index < -0.39 is 15.7 Å². The smallest absolute Gasteiger partial charge is 0.173 e. The number of epoxide rings is 1. The van der Waals surface area contributed by atoms with Crippen molar-refractivity contribution in [2.75, 3.05) is 0 Å². The molecule has 0 aromatic heterocycles. The maximum absolute atomic E-state index is 13.0. The van der Waals surface area contributed by atoms with E-state index in [4.69, 9.17) is 4.74 Å². The van der Waals surface area contributed by atoms with Crippen molar-refractivity contribution in [2.45, 2.75) is 87.6 Å². The molecule has 1 fully saturated rings. The predicted molar refractivity (Wildman–Crippen MR) is 93.4 cm³/mol. The lowest BCUT2D eigenvalue weighted by Gasteiger charge is -2.13. The van der Waals surface area contributed by atoms with Crippen molar-refractivity contribution in [1.29, 1.82) is 0 Å². The first kappa shape index (κ1) is 17.7. The van der Waals surface area contributed by atoms with Crippen LogP contribution < -0.4 is 0 Å². The van der Waals surface area contributed by atoms with E-state index in [2.05, 4.69) is 13.8 Å². The van der Waals surface area contributed by atoms with Crippen LogP contribution in [0, 0.1) is 0 Å². The molecule has 0 saturated carbocycles. The molecule has 0 N–H and O–H groups in total. The van der Waals surface area contributed by atoms with E-state index in [-0.39, 0.29) is 6.10 Å². The summed E-state index contributed by atoms with van der Waals surface area (Å²) < 4.78 is 19.1. The molecule has 3 heteroatoms. The highest BCUT2D eigenvalue weighted by molar-refractivity contribution is 7.86. The zero-order valence-corrected chi connectivity index (χ0v) is 14.9. The summed E-state index contributed by atoms with van der Waals surface area (Å²) >= 11 is 0. The second-order valence-electron chi connectivity index (χ2n) is 6.31. The molecule has 1 saturated heterocycles. The molecule has 3 unspecified atom stereocenters. The Hall–Kier alpha value is -0.670. The molecule has 1 heterocycles. The molecule has 0 radical (unpaired) electrons. The maximum atomic E-state index is 13.0. The molecule has 0 amide bonds. The Morgan fingerprint density at radius 3 is 2.36 bits per heavy atom. The van der Waals surface area contributed by atoms with E-state index >= 15 is 0 Å². The SMILES string of the molecule is CCCCCCC1(S(=O)c2ccccc2)OC1CCCCC. The highest BCUT2D eigenvalue weighted by atomic mass is 32.2. The van der Waals surface area contributed by atoms with Gasteiger partial charge in [-0.2, -0.15) is 0 Å². The Balaban J connectivity index is 1.98. The second-order valence-corrected chi connectivity index (χ2v) is 8.01. The van der Waals surface area contributed by atoms with Gasteiger partial charge >= 0.3 is 0 Å². The first-order valence-corrected chi connectivity index (χ1v) is 10.0. The average molecular weight is 323 g/mol. The van der Waals surface area contributed by atoms with Crippen LogP contribution in [0.2, 0.25) is 0 Å². The van der Waals surface area contributed by atoms with Gasteiger partial charge in [0.25, 0.3) is 0 Å². The Labute approximate surface area is 138 Å². The molecule has 22 heavy (non-hydrogen) atoms. The Bertz CT molecular complexity index is 460. The van der Waals surface area contributed by atoms with Gasteiger partial charge in [-0.15, -0.1) is 0 Å². The van der Waals surface area contributed by atoms with Crippen molar-refractivity contribution in [3.05, 3.63) is 30.3 Å². The number of ether oxygens (including phenoxy) is 1. The average Bonchev–Trinajstić information content (AvgIpc) is 3.26. The number of rotatable bonds is 11. The summed E-state index contributed by atoms with van der Waals surface area (Å²) in [6.45, 7) is 4.44. The summed E-state index contributed by atoms with van der Waals surface area (Å²) in [6, 6.07) is 9.84. The summed E-state index contributed by atoms with van der Waals surface area (Å²) in [5, 5.41) is 0. The van der Waals surface area contributed by atoms with Gasteiger partial charge < -0.3 is 4.74 Å². The number of unbranched alkanes of at least 4 members (excludes halogenated alkanes) is 5. The van der Waals surface area contributed by atoms with Crippen LogP contribution >= 0.6 is 0 Å². The molecular weight excluding hydrogens is 292 g/mol. The topological polar surface area (TPSA) is 29.6 Å². The second kappa shape index (κ2) is 8.83. The molecule has 2 rings (SSSR count). The first-order valence-electron chi connectivity index (χ1n) is 8.89. The highest BCUT2D eigenvalue weighted by Gasteiger charge is 2.60. The third kappa shape index (κ3) is 4.42. The fourth-order valence-electron chi connectivity index (χ4n) is 3.08.